The SMILES string of the molecule is C#CCNC(=O)c1ccccc1NC(=O)/C=C/c1cc(OC)c2c(c1)OCCO2. The highest BCUT2D eigenvalue weighted by Crippen LogP contribution is 2.40. The molecule has 148 valence electrons. The molecule has 2 aromatic carbocycles. The lowest BCUT2D eigenvalue weighted by atomic mass is 10.1. The van der Waals surface area contributed by atoms with Gasteiger partial charge in [0.1, 0.15) is 13.2 Å². The fourth-order valence-electron chi connectivity index (χ4n) is 2.75. The largest absolute Gasteiger partial charge is 0.493 e. The van der Waals surface area contributed by atoms with Crippen molar-refractivity contribution in [2.24, 2.45) is 0 Å². The van der Waals surface area contributed by atoms with Gasteiger partial charge in [-0.15, -0.1) is 6.42 Å². The number of anilines is 1. The van der Waals surface area contributed by atoms with E-state index in [4.69, 9.17) is 20.6 Å². The lowest BCUT2D eigenvalue weighted by Gasteiger charge is -2.20. The average Bonchev–Trinajstić information content (AvgIpc) is 2.75. The lowest BCUT2D eigenvalue weighted by Crippen LogP contribution is -2.25. The van der Waals surface area contributed by atoms with Crippen molar-refractivity contribution in [2.45, 2.75) is 0 Å². The van der Waals surface area contributed by atoms with Crippen LogP contribution in [0.5, 0.6) is 17.2 Å². The molecule has 7 heteroatoms. The molecule has 7 nitrogen and oxygen atoms in total. The minimum Gasteiger partial charge on any atom is -0.493 e. The van der Waals surface area contributed by atoms with Crippen LogP contribution in [0, 0.1) is 12.3 Å². The molecule has 0 unspecified atom stereocenters. The number of para-hydroxylation sites is 1. The molecular weight excluding hydrogens is 372 g/mol. The number of amides is 2. The highest BCUT2D eigenvalue weighted by molar-refractivity contribution is 6.07. The summed E-state index contributed by atoms with van der Waals surface area (Å²) in [7, 11) is 1.54. The maximum absolute atomic E-state index is 12.4. The number of hydrogen-bond acceptors (Lipinski definition) is 5. The Morgan fingerprint density at radius 2 is 2.03 bits per heavy atom. The van der Waals surface area contributed by atoms with Crippen LogP contribution in [0.1, 0.15) is 15.9 Å². The molecule has 1 heterocycles. The second-order valence-electron chi connectivity index (χ2n) is 6.00. The third kappa shape index (κ3) is 4.87. The van der Waals surface area contributed by atoms with Gasteiger partial charge in [-0.2, -0.15) is 0 Å². The number of ether oxygens (including phenoxy) is 3. The van der Waals surface area contributed by atoms with Crippen LogP contribution in [0.3, 0.4) is 0 Å². The molecule has 2 amide bonds. The second kappa shape index (κ2) is 9.33. The number of terminal acetylenes is 1. The Labute approximate surface area is 168 Å². The summed E-state index contributed by atoms with van der Waals surface area (Å²) < 4.78 is 16.5. The van der Waals surface area contributed by atoms with E-state index in [0.717, 1.165) is 0 Å². The Bertz CT molecular complexity index is 974. The molecule has 3 rings (SSSR count). The van der Waals surface area contributed by atoms with Crippen molar-refractivity contribution in [3.63, 3.8) is 0 Å². The summed E-state index contributed by atoms with van der Waals surface area (Å²) in [4.78, 5) is 24.5. The topological polar surface area (TPSA) is 85.9 Å². The van der Waals surface area contributed by atoms with Gasteiger partial charge in [-0.3, -0.25) is 9.59 Å². The van der Waals surface area contributed by atoms with Gasteiger partial charge in [0.15, 0.2) is 11.5 Å². The smallest absolute Gasteiger partial charge is 0.254 e. The quantitative estimate of drug-likeness (QED) is 0.583. The monoisotopic (exact) mass is 392 g/mol. The zero-order valence-electron chi connectivity index (χ0n) is 15.9. The number of carbonyl (C=O) groups excluding carboxylic acids is 2. The molecule has 2 N–H and O–H groups in total. The molecule has 0 fully saturated rings. The zero-order chi connectivity index (χ0) is 20.6. The Balaban J connectivity index is 1.74. The van der Waals surface area contributed by atoms with E-state index < -0.39 is 5.91 Å². The van der Waals surface area contributed by atoms with Crippen molar-refractivity contribution in [3.8, 4) is 29.6 Å². The number of methoxy groups -OCH3 is 1. The number of carbonyl (C=O) groups is 2. The van der Waals surface area contributed by atoms with Gasteiger partial charge in [0.2, 0.25) is 11.7 Å². The molecule has 0 saturated heterocycles. The summed E-state index contributed by atoms with van der Waals surface area (Å²) >= 11 is 0. The predicted molar refractivity (Wildman–Crippen MR) is 109 cm³/mol. The van der Waals surface area contributed by atoms with Gasteiger partial charge in [-0.1, -0.05) is 18.1 Å². The summed E-state index contributed by atoms with van der Waals surface area (Å²) in [5.74, 6) is 3.22. The van der Waals surface area contributed by atoms with Crippen LogP contribution in [-0.4, -0.2) is 38.7 Å². The van der Waals surface area contributed by atoms with Crippen molar-refractivity contribution in [2.75, 3.05) is 32.2 Å². The molecule has 0 aliphatic carbocycles. The van der Waals surface area contributed by atoms with Crippen LogP contribution in [0.15, 0.2) is 42.5 Å². The van der Waals surface area contributed by atoms with E-state index in [2.05, 4.69) is 16.6 Å². The van der Waals surface area contributed by atoms with Crippen LogP contribution >= 0.6 is 0 Å². The second-order valence-corrected chi connectivity index (χ2v) is 6.00. The standard InChI is InChI=1S/C22H20N2O5/c1-3-10-23-22(26)16-6-4-5-7-17(16)24-20(25)9-8-15-13-18(27-2)21-19(14-15)28-11-12-29-21/h1,4-9,13-14H,10-12H2,2H3,(H,23,26)(H,24,25)/b9-8+. The molecule has 0 radical (unpaired) electrons. The van der Waals surface area contributed by atoms with Crippen molar-refractivity contribution in [3.05, 3.63) is 53.6 Å². The molecule has 0 bridgehead atoms. The van der Waals surface area contributed by atoms with E-state index in [1.165, 1.54) is 13.2 Å². The molecular formula is C22H20N2O5. The third-order valence-electron chi connectivity index (χ3n) is 4.06. The minimum atomic E-state index is -0.393. The Morgan fingerprint density at radius 1 is 1.24 bits per heavy atom. The van der Waals surface area contributed by atoms with Crippen LogP contribution in [0.2, 0.25) is 0 Å². The van der Waals surface area contributed by atoms with Crippen LogP contribution in [-0.2, 0) is 4.79 Å². The number of hydrogen-bond donors (Lipinski definition) is 2. The van der Waals surface area contributed by atoms with Crippen molar-refractivity contribution in [1.82, 2.24) is 5.32 Å². The Hall–Kier alpha value is -3.92. The van der Waals surface area contributed by atoms with E-state index in [1.54, 1.807) is 42.5 Å². The zero-order valence-corrected chi connectivity index (χ0v) is 15.9. The number of nitrogens with one attached hydrogen (secondary N) is 2. The molecule has 1 aliphatic rings. The van der Waals surface area contributed by atoms with Crippen molar-refractivity contribution >= 4 is 23.6 Å². The van der Waals surface area contributed by atoms with Crippen LogP contribution in [0.4, 0.5) is 5.69 Å². The first kappa shape index (κ1) is 19.8. The number of rotatable bonds is 6. The molecule has 0 atom stereocenters. The minimum absolute atomic E-state index is 0.104. The highest BCUT2D eigenvalue weighted by atomic mass is 16.6. The highest BCUT2D eigenvalue weighted by Gasteiger charge is 2.18. The van der Waals surface area contributed by atoms with Gasteiger partial charge in [0.05, 0.1) is 24.9 Å². The van der Waals surface area contributed by atoms with Gasteiger partial charge in [-0.05, 0) is 35.9 Å². The summed E-state index contributed by atoms with van der Waals surface area (Å²) in [6.07, 6.45) is 8.15. The van der Waals surface area contributed by atoms with Crippen molar-refractivity contribution < 1.29 is 23.8 Å². The third-order valence-corrected chi connectivity index (χ3v) is 4.06. The summed E-state index contributed by atoms with van der Waals surface area (Å²) in [6.45, 7) is 1.00. The van der Waals surface area contributed by atoms with Gasteiger partial charge in [0.25, 0.3) is 5.91 Å². The van der Waals surface area contributed by atoms with E-state index in [0.29, 0.717) is 47.3 Å². The van der Waals surface area contributed by atoms with Crippen molar-refractivity contribution in [1.29, 1.82) is 0 Å². The number of fused-ring (bicyclic) bond motifs is 1. The predicted octanol–water partition coefficient (Wildman–Crippen LogP) is 2.48. The van der Waals surface area contributed by atoms with E-state index in [-0.39, 0.29) is 12.5 Å². The average molecular weight is 392 g/mol. The number of benzene rings is 2. The van der Waals surface area contributed by atoms with Gasteiger partial charge in [-0.25, -0.2) is 0 Å². The maximum atomic E-state index is 12.4. The summed E-state index contributed by atoms with van der Waals surface area (Å²) in [5, 5.41) is 5.28. The summed E-state index contributed by atoms with van der Waals surface area (Å²) in [6, 6.07) is 10.2. The van der Waals surface area contributed by atoms with Crippen LogP contribution in [0.25, 0.3) is 6.08 Å². The molecule has 1 aliphatic heterocycles. The van der Waals surface area contributed by atoms with E-state index in [9.17, 15) is 9.59 Å². The molecule has 0 aromatic heterocycles. The maximum Gasteiger partial charge on any atom is 0.254 e. The van der Waals surface area contributed by atoms with Gasteiger partial charge >= 0.3 is 0 Å². The normalized spacial score (nSPS) is 12.1. The molecule has 0 spiro atoms. The van der Waals surface area contributed by atoms with Crippen LogP contribution < -0.4 is 24.8 Å². The fraction of sp³-hybridized carbons (Fsp3) is 0.182. The summed E-state index contributed by atoms with van der Waals surface area (Å²) in [5.41, 5.74) is 1.42. The molecule has 29 heavy (non-hydrogen) atoms. The Kier molecular flexibility index (Phi) is 6.38. The lowest BCUT2D eigenvalue weighted by molar-refractivity contribution is -0.111. The molecule has 0 saturated carbocycles. The first-order valence-corrected chi connectivity index (χ1v) is 8.89. The van der Waals surface area contributed by atoms with Gasteiger partial charge in [0, 0.05) is 6.08 Å². The first-order valence-electron chi connectivity index (χ1n) is 8.89. The fourth-order valence-corrected chi connectivity index (χ4v) is 2.75. The molecule has 2 aromatic rings. The van der Waals surface area contributed by atoms with E-state index >= 15 is 0 Å². The van der Waals surface area contributed by atoms with E-state index in [1.807, 2.05) is 0 Å². The first-order chi connectivity index (χ1) is 14.1. The van der Waals surface area contributed by atoms with Gasteiger partial charge < -0.3 is 24.8 Å². The Morgan fingerprint density at radius 3 is 2.83 bits per heavy atom.